The summed E-state index contributed by atoms with van der Waals surface area (Å²) in [4.78, 5) is 93.1. The molecule has 6 amide bonds. The predicted molar refractivity (Wildman–Crippen MR) is 229 cm³/mol. The Kier molecular flexibility index (Phi) is 13.4. The molecule has 5 N–H and O–H groups in total. The van der Waals surface area contributed by atoms with Gasteiger partial charge >= 0.3 is 0 Å². The smallest absolute Gasteiger partial charge is 0.255 e. The van der Waals surface area contributed by atoms with Gasteiger partial charge in [-0.1, -0.05) is 25.8 Å². The van der Waals surface area contributed by atoms with Crippen LogP contribution >= 0.6 is 0 Å². The molecule has 2 atom stereocenters. The molecule has 0 radical (unpaired) electrons. The Balaban J connectivity index is 0.832. The fourth-order valence-corrected chi connectivity index (χ4v) is 8.63. The number of methoxy groups -OCH3 is 1. The Morgan fingerprint density at radius 2 is 1.82 bits per heavy atom. The predicted octanol–water partition coefficient (Wildman–Crippen LogP) is 2.77. The van der Waals surface area contributed by atoms with Crippen LogP contribution in [-0.4, -0.2) is 127 Å². The van der Waals surface area contributed by atoms with Crippen molar-refractivity contribution < 1.29 is 33.5 Å². The maximum atomic E-state index is 13.3. The molecule has 3 aliphatic heterocycles. The number of hydrogen-bond donors (Lipinski definition) is 5. The van der Waals surface area contributed by atoms with Crippen molar-refractivity contribution in [2.45, 2.75) is 83.0 Å². The number of piperidine rings is 1. The Morgan fingerprint density at radius 1 is 1.02 bits per heavy atom. The first-order valence-electron chi connectivity index (χ1n) is 21.1. The number of carbonyl (C=O) groups is 6. The topological polar surface area (TPSA) is 211 Å². The molecule has 324 valence electrons. The molecule has 2 fully saturated rings. The fourth-order valence-electron chi connectivity index (χ4n) is 8.63. The highest BCUT2D eigenvalue weighted by molar-refractivity contribution is 6.07. The average Bonchev–Trinajstić information content (AvgIpc) is 3.90. The number of imide groups is 1. The third-order valence-electron chi connectivity index (χ3n) is 11.9. The van der Waals surface area contributed by atoms with Crippen LogP contribution in [0.2, 0.25) is 0 Å². The molecule has 1 aliphatic carbocycles. The number of benzene rings is 2. The zero-order valence-corrected chi connectivity index (χ0v) is 35.2. The summed E-state index contributed by atoms with van der Waals surface area (Å²) in [7, 11) is 5.15. The quantitative estimate of drug-likeness (QED) is 0.0980. The lowest BCUT2D eigenvalue weighted by Gasteiger charge is -2.43. The number of nitrogens with one attached hydrogen (secondary N) is 5. The second kappa shape index (κ2) is 19.1. The molecule has 18 nitrogen and oxygen atoms in total. The summed E-state index contributed by atoms with van der Waals surface area (Å²) >= 11 is 0. The van der Waals surface area contributed by atoms with E-state index in [0.717, 1.165) is 31.5 Å². The molecule has 7 rings (SSSR count). The van der Waals surface area contributed by atoms with E-state index in [1.165, 1.54) is 12.0 Å². The molecular formula is C43H55N11O7. The normalized spacial score (nSPS) is 18.9. The van der Waals surface area contributed by atoms with Crippen LogP contribution in [0.5, 0.6) is 5.75 Å². The van der Waals surface area contributed by atoms with Crippen LogP contribution in [0.4, 0.5) is 28.8 Å². The van der Waals surface area contributed by atoms with E-state index in [4.69, 9.17) is 9.72 Å². The molecule has 4 aliphatic rings. The minimum atomic E-state index is -0.731. The van der Waals surface area contributed by atoms with Crippen LogP contribution in [0.3, 0.4) is 0 Å². The number of ether oxygens (including phenoxy) is 1. The van der Waals surface area contributed by atoms with Crippen molar-refractivity contribution in [3.63, 3.8) is 0 Å². The van der Waals surface area contributed by atoms with E-state index in [2.05, 4.69) is 36.5 Å². The van der Waals surface area contributed by atoms with Crippen LogP contribution in [0.15, 0.2) is 42.6 Å². The zero-order chi connectivity index (χ0) is 43.2. The van der Waals surface area contributed by atoms with Crippen molar-refractivity contribution in [1.29, 1.82) is 0 Å². The highest BCUT2D eigenvalue weighted by atomic mass is 16.5. The lowest BCUT2D eigenvalue weighted by molar-refractivity contribution is -0.137. The molecule has 1 saturated carbocycles. The van der Waals surface area contributed by atoms with Gasteiger partial charge in [-0.2, -0.15) is 4.98 Å². The summed E-state index contributed by atoms with van der Waals surface area (Å²) in [5.74, 6) is 0.0297. The Morgan fingerprint density at radius 3 is 2.57 bits per heavy atom. The van der Waals surface area contributed by atoms with Crippen molar-refractivity contribution in [2.24, 2.45) is 0 Å². The Bertz CT molecular complexity index is 2180. The number of rotatable bonds is 17. The van der Waals surface area contributed by atoms with E-state index in [9.17, 15) is 28.8 Å². The van der Waals surface area contributed by atoms with Crippen LogP contribution < -0.4 is 41.1 Å². The first kappa shape index (κ1) is 43.0. The van der Waals surface area contributed by atoms with E-state index < -0.39 is 11.9 Å². The standard InChI is InChI=1S/C43H55N11O7/c1-5-32-42(60)52(3)34-23-46-43(50-38(34)54(32)27-10-6-7-11-27)48-31-15-14-26(22-35(31)61-4)39(57)45-19-9-18-44-20-21-51(2)25-37(56)47-30-13-8-12-28-29(30)24-53(41(28)59)33-16-17-36(55)49-40(33)58/h8,12-15,22-23,27,32-33,44H,5-7,9-11,16-21,24-25H2,1-4H3,(H,45,57)(H,47,56)(H,46,48,50)(H,49,55,58)/t32-,33?/m1/s1. The summed E-state index contributed by atoms with van der Waals surface area (Å²) in [6.07, 6.45) is 7.80. The largest absolute Gasteiger partial charge is 0.495 e. The molecule has 1 unspecified atom stereocenters. The van der Waals surface area contributed by atoms with Crippen LogP contribution in [-0.2, 0) is 25.7 Å². The number of fused-ring (bicyclic) bond motifs is 2. The van der Waals surface area contributed by atoms with Gasteiger partial charge in [-0.15, -0.1) is 0 Å². The molecule has 18 heteroatoms. The van der Waals surface area contributed by atoms with Crippen molar-refractivity contribution in [3.8, 4) is 5.75 Å². The lowest BCUT2D eigenvalue weighted by Crippen LogP contribution is -2.55. The SMILES string of the molecule is CC[C@@H]1C(=O)N(C)c2cnc(Nc3ccc(C(=O)NCCCNCCN(C)CC(=O)Nc4cccc5c4CN(C4CCC(=O)NC4=O)C5=O)cc3OC)nc2N1C1CCCC1. The third kappa shape index (κ3) is 9.44. The fraction of sp³-hybridized carbons (Fsp3) is 0.488. The van der Waals surface area contributed by atoms with Crippen molar-refractivity contribution >= 4 is 64.3 Å². The second-order valence-electron chi connectivity index (χ2n) is 16.0. The molecule has 3 aromatic rings. The second-order valence-corrected chi connectivity index (χ2v) is 16.0. The van der Waals surface area contributed by atoms with E-state index in [1.54, 1.807) is 54.5 Å². The van der Waals surface area contributed by atoms with Crippen molar-refractivity contribution in [1.82, 2.24) is 35.7 Å². The van der Waals surface area contributed by atoms with Gasteiger partial charge in [-0.3, -0.25) is 39.0 Å². The third-order valence-corrected chi connectivity index (χ3v) is 11.9. The van der Waals surface area contributed by atoms with E-state index in [-0.39, 0.29) is 67.6 Å². The summed E-state index contributed by atoms with van der Waals surface area (Å²) in [6.45, 7) is 4.66. The van der Waals surface area contributed by atoms with Crippen LogP contribution in [0.25, 0.3) is 0 Å². The number of hydrogen-bond acceptors (Lipinski definition) is 13. The number of nitrogens with zero attached hydrogens (tertiary/aromatic N) is 6. The molecular weight excluding hydrogens is 783 g/mol. The maximum absolute atomic E-state index is 13.3. The number of carbonyl (C=O) groups excluding carboxylic acids is 6. The van der Waals surface area contributed by atoms with Gasteiger partial charge in [0.15, 0.2) is 5.82 Å². The zero-order valence-electron chi connectivity index (χ0n) is 35.2. The molecule has 0 bridgehead atoms. The van der Waals surface area contributed by atoms with E-state index in [1.807, 2.05) is 18.9 Å². The van der Waals surface area contributed by atoms with Gasteiger partial charge < -0.3 is 40.7 Å². The highest BCUT2D eigenvalue weighted by Crippen LogP contribution is 2.40. The van der Waals surface area contributed by atoms with Gasteiger partial charge in [0.05, 0.1) is 25.5 Å². The first-order chi connectivity index (χ1) is 29.5. The molecule has 1 aromatic heterocycles. The number of amides is 6. The maximum Gasteiger partial charge on any atom is 0.255 e. The van der Waals surface area contributed by atoms with Gasteiger partial charge in [0.25, 0.3) is 11.8 Å². The molecule has 1 saturated heterocycles. The highest BCUT2D eigenvalue weighted by Gasteiger charge is 2.42. The summed E-state index contributed by atoms with van der Waals surface area (Å²) in [6, 6.07) is 9.51. The number of likely N-dealkylation sites (N-methyl/N-ethyl adjacent to an activating group) is 2. The molecule has 4 heterocycles. The van der Waals surface area contributed by atoms with E-state index in [0.29, 0.717) is 84.5 Å². The van der Waals surface area contributed by atoms with Crippen LogP contribution in [0.1, 0.15) is 84.6 Å². The van der Waals surface area contributed by atoms with Gasteiger partial charge in [0.1, 0.15) is 23.5 Å². The minimum Gasteiger partial charge on any atom is -0.495 e. The summed E-state index contributed by atoms with van der Waals surface area (Å²) < 4.78 is 5.65. The monoisotopic (exact) mass is 837 g/mol. The Hall–Kier alpha value is -6.14. The summed E-state index contributed by atoms with van der Waals surface area (Å²) in [5.41, 5.74) is 3.34. The Labute approximate surface area is 355 Å². The van der Waals surface area contributed by atoms with Gasteiger partial charge in [0.2, 0.25) is 29.6 Å². The minimum absolute atomic E-state index is 0.0552. The van der Waals surface area contributed by atoms with Gasteiger partial charge in [0, 0.05) is 68.1 Å². The molecule has 0 spiro atoms. The molecule has 2 aromatic carbocycles. The average molecular weight is 838 g/mol. The lowest BCUT2D eigenvalue weighted by atomic mass is 10.0. The summed E-state index contributed by atoms with van der Waals surface area (Å²) in [5, 5.41) is 14.8. The van der Waals surface area contributed by atoms with Crippen molar-refractivity contribution in [2.75, 3.05) is 74.4 Å². The van der Waals surface area contributed by atoms with Crippen LogP contribution in [0, 0.1) is 0 Å². The molecule has 61 heavy (non-hydrogen) atoms. The van der Waals surface area contributed by atoms with E-state index >= 15 is 0 Å². The first-order valence-corrected chi connectivity index (χ1v) is 21.1. The number of aromatic nitrogens is 2. The van der Waals surface area contributed by atoms with Gasteiger partial charge in [-0.05, 0) is 76.0 Å². The van der Waals surface area contributed by atoms with Gasteiger partial charge in [-0.25, -0.2) is 4.98 Å². The van der Waals surface area contributed by atoms with Crippen molar-refractivity contribution in [3.05, 3.63) is 59.3 Å². The number of anilines is 5.